The zero-order valence-corrected chi connectivity index (χ0v) is 10.4. The molecular weight excluding hydrogens is 239 g/mol. The Bertz CT molecular complexity index is 435. The standard InChI is InChI=1S/C12H15FN2OS/c1-7(12(16)15-9-3-4-9)17-11-5-2-8(14)6-10(11)13/h2,5-7,9H,3-4,14H2,1H3,(H,15,16). The van der Waals surface area contributed by atoms with Gasteiger partial charge in [-0.05, 0) is 38.0 Å². The molecule has 92 valence electrons. The number of halogens is 1. The summed E-state index contributed by atoms with van der Waals surface area (Å²) in [5.74, 6) is -0.408. The second kappa shape index (κ2) is 4.96. The molecule has 1 unspecified atom stereocenters. The van der Waals surface area contributed by atoms with Gasteiger partial charge in [0.15, 0.2) is 0 Å². The van der Waals surface area contributed by atoms with Gasteiger partial charge in [0.2, 0.25) is 5.91 Å². The molecule has 3 nitrogen and oxygen atoms in total. The number of carbonyl (C=O) groups is 1. The lowest BCUT2D eigenvalue weighted by atomic mass is 10.3. The van der Waals surface area contributed by atoms with Gasteiger partial charge in [-0.3, -0.25) is 4.79 Å². The molecule has 1 atom stereocenters. The van der Waals surface area contributed by atoms with E-state index in [-0.39, 0.29) is 17.0 Å². The Morgan fingerprint density at radius 1 is 1.59 bits per heavy atom. The minimum absolute atomic E-state index is 0.0336. The fraction of sp³-hybridized carbons (Fsp3) is 0.417. The lowest BCUT2D eigenvalue weighted by Gasteiger charge is -2.12. The Morgan fingerprint density at radius 2 is 2.29 bits per heavy atom. The molecule has 1 amide bonds. The van der Waals surface area contributed by atoms with Crippen LogP contribution in [0.1, 0.15) is 19.8 Å². The van der Waals surface area contributed by atoms with Crippen LogP contribution in [0.15, 0.2) is 23.1 Å². The average molecular weight is 254 g/mol. The van der Waals surface area contributed by atoms with Gasteiger partial charge in [-0.2, -0.15) is 0 Å². The molecular formula is C12H15FN2OS. The highest BCUT2D eigenvalue weighted by Gasteiger charge is 2.26. The Kier molecular flexibility index (Phi) is 3.57. The molecule has 3 N–H and O–H groups in total. The summed E-state index contributed by atoms with van der Waals surface area (Å²) in [6.45, 7) is 1.78. The van der Waals surface area contributed by atoms with Gasteiger partial charge < -0.3 is 11.1 Å². The minimum atomic E-state index is -0.374. The number of nitrogens with one attached hydrogen (secondary N) is 1. The molecule has 0 aliphatic heterocycles. The van der Waals surface area contributed by atoms with Crippen LogP contribution in [-0.2, 0) is 4.79 Å². The van der Waals surface area contributed by atoms with Gasteiger partial charge in [-0.25, -0.2) is 4.39 Å². The quantitative estimate of drug-likeness (QED) is 0.639. The topological polar surface area (TPSA) is 55.1 Å². The third-order valence-electron chi connectivity index (χ3n) is 2.55. The van der Waals surface area contributed by atoms with Crippen LogP contribution >= 0.6 is 11.8 Å². The first-order chi connectivity index (χ1) is 8.06. The summed E-state index contributed by atoms with van der Waals surface area (Å²) in [5, 5.41) is 2.60. The minimum Gasteiger partial charge on any atom is -0.399 e. The Labute approximate surface area is 104 Å². The summed E-state index contributed by atoms with van der Waals surface area (Å²) in [5.41, 5.74) is 5.85. The first kappa shape index (κ1) is 12.2. The van der Waals surface area contributed by atoms with E-state index in [9.17, 15) is 9.18 Å². The first-order valence-corrected chi connectivity index (χ1v) is 6.46. The van der Waals surface area contributed by atoms with Crippen LogP contribution < -0.4 is 11.1 Å². The van der Waals surface area contributed by atoms with Crippen molar-refractivity contribution in [3.05, 3.63) is 24.0 Å². The van der Waals surface area contributed by atoms with Crippen LogP contribution in [0, 0.1) is 5.82 Å². The second-order valence-corrected chi connectivity index (χ2v) is 5.62. The number of amides is 1. The van der Waals surface area contributed by atoms with Gasteiger partial charge >= 0.3 is 0 Å². The average Bonchev–Trinajstić information content (AvgIpc) is 3.06. The molecule has 0 spiro atoms. The number of rotatable bonds is 4. The molecule has 1 aliphatic carbocycles. The van der Waals surface area contributed by atoms with Crippen molar-refractivity contribution in [1.29, 1.82) is 0 Å². The number of hydrogen-bond donors (Lipinski definition) is 2. The maximum atomic E-state index is 13.5. The van der Waals surface area contributed by atoms with Gasteiger partial charge in [-0.1, -0.05) is 0 Å². The molecule has 1 saturated carbocycles. The van der Waals surface area contributed by atoms with Gasteiger partial charge in [0.25, 0.3) is 0 Å². The number of benzene rings is 1. The van der Waals surface area contributed by atoms with E-state index < -0.39 is 0 Å². The first-order valence-electron chi connectivity index (χ1n) is 5.58. The molecule has 2 rings (SSSR count). The highest BCUT2D eigenvalue weighted by Crippen LogP contribution is 2.28. The molecule has 0 aromatic heterocycles. The van der Waals surface area contributed by atoms with E-state index >= 15 is 0 Å². The lowest BCUT2D eigenvalue weighted by molar-refractivity contribution is -0.120. The fourth-order valence-corrected chi connectivity index (χ4v) is 2.28. The Morgan fingerprint density at radius 3 is 2.88 bits per heavy atom. The van der Waals surface area contributed by atoms with E-state index in [1.807, 2.05) is 0 Å². The van der Waals surface area contributed by atoms with E-state index in [1.165, 1.54) is 17.8 Å². The van der Waals surface area contributed by atoms with Crippen molar-refractivity contribution >= 4 is 23.4 Å². The van der Waals surface area contributed by atoms with Crippen LogP contribution in [0.3, 0.4) is 0 Å². The number of anilines is 1. The zero-order chi connectivity index (χ0) is 12.4. The van der Waals surface area contributed by atoms with Gasteiger partial charge in [0.1, 0.15) is 5.82 Å². The van der Waals surface area contributed by atoms with E-state index in [0.717, 1.165) is 12.8 Å². The molecule has 1 fully saturated rings. The van der Waals surface area contributed by atoms with Crippen LogP contribution in [0.2, 0.25) is 0 Å². The molecule has 5 heteroatoms. The van der Waals surface area contributed by atoms with Crippen molar-refractivity contribution in [2.45, 2.75) is 36.0 Å². The largest absolute Gasteiger partial charge is 0.399 e. The monoisotopic (exact) mass is 254 g/mol. The van der Waals surface area contributed by atoms with Crippen molar-refractivity contribution in [3.8, 4) is 0 Å². The molecule has 17 heavy (non-hydrogen) atoms. The van der Waals surface area contributed by atoms with E-state index in [4.69, 9.17) is 5.73 Å². The summed E-state index contributed by atoms with van der Waals surface area (Å²) >= 11 is 1.21. The molecule has 0 saturated heterocycles. The summed E-state index contributed by atoms with van der Waals surface area (Å²) in [6.07, 6.45) is 2.11. The summed E-state index contributed by atoms with van der Waals surface area (Å²) < 4.78 is 13.5. The molecule has 1 aromatic rings. The number of thioether (sulfide) groups is 1. The Hall–Kier alpha value is -1.23. The van der Waals surface area contributed by atoms with E-state index in [0.29, 0.717) is 16.6 Å². The lowest BCUT2D eigenvalue weighted by Crippen LogP contribution is -2.32. The van der Waals surface area contributed by atoms with Crippen LogP contribution in [0.25, 0.3) is 0 Å². The number of nitrogens with two attached hydrogens (primary N) is 1. The fourth-order valence-electron chi connectivity index (χ4n) is 1.40. The van der Waals surface area contributed by atoms with Gasteiger partial charge in [-0.15, -0.1) is 11.8 Å². The zero-order valence-electron chi connectivity index (χ0n) is 9.57. The summed E-state index contributed by atoms with van der Waals surface area (Å²) in [4.78, 5) is 12.2. The predicted octanol–water partition coefficient (Wildman–Crippen LogP) is 2.17. The van der Waals surface area contributed by atoms with Crippen molar-refractivity contribution in [2.75, 3.05) is 5.73 Å². The molecule has 0 heterocycles. The van der Waals surface area contributed by atoms with E-state index in [2.05, 4.69) is 5.32 Å². The smallest absolute Gasteiger partial charge is 0.233 e. The van der Waals surface area contributed by atoms with E-state index in [1.54, 1.807) is 19.1 Å². The number of hydrogen-bond acceptors (Lipinski definition) is 3. The van der Waals surface area contributed by atoms with Crippen molar-refractivity contribution in [1.82, 2.24) is 5.32 Å². The second-order valence-electron chi connectivity index (χ2n) is 4.23. The van der Waals surface area contributed by atoms with Gasteiger partial charge in [0.05, 0.1) is 5.25 Å². The Balaban J connectivity index is 1.96. The van der Waals surface area contributed by atoms with Crippen LogP contribution in [-0.4, -0.2) is 17.2 Å². The third kappa shape index (κ3) is 3.36. The summed E-state index contributed by atoms with van der Waals surface area (Å²) in [7, 11) is 0. The normalized spacial score (nSPS) is 16.6. The molecule has 0 bridgehead atoms. The predicted molar refractivity (Wildman–Crippen MR) is 67.3 cm³/mol. The SMILES string of the molecule is CC(Sc1ccc(N)cc1F)C(=O)NC1CC1. The van der Waals surface area contributed by atoms with Crippen molar-refractivity contribution in [2.24, 2.45) is 0 Å². The van der Waals surface area contributed by atoms with Crippen molar-refractivity contribution in [3.63, 3.8) is 0 Å². The third-order valence-corrected chi connectivity index (χ3v) is 3.71. The van der Waals surface area contributed by atoms with Gasteiger partial charge in [0, 0.05) is 16.6 Å². The van der Waals surface area contributed by atoms with Crippen molar-refractivity contribution < 1.29 is 9.18 Å². The molecule has 1 aromatic carbocycles. The van der Waals surface area contributed by atoms with Crippen LogP contribution in [0.4, 0.5) is 10.1 Å². The molecule has 0 radical (unpaired) electrons. The maximum Gasteiger partial charge on any atom is 0.233 e. The highest BCUT2D eigenvalue weighted by molar-refractivity contribution is 8.00. The maximum absolute atomic E-state index is 13.5. The number of nitrogen functional groups attached to an aromatic ring is 1. The molecule has 1 aliphatic rings. The number of carbonyl (C=O) groups excluding carboxylic acids is 1. The summed E-state index contributed by atoms with van der Waals surface area (Å²) in [6, 6.07) is 4.85. The highest BCUT2D eigenvalue weighted by atomic mass is 32.2. The van der Waals surface area contributed by atoms with Crippen LogP contribution in [0.5, 0.6) is 0 Å².